The molecule has 3 aromatic heterocycles. The predicted molar refractivity (Wildman–Crippen MR) is 165 cm³/mol. The van der Waals surface area contributed by atoms with E-state index in [4.69, 9.17) is 33.9 Å². The summed E-state index contributed by atoms with van der Waals surface area (Å²) >= 11 is 0. The lowest BCUT2D eigenvalue weighted by Crippen LogP contribution is -2.16. The van der Waals surface area contributed by atoms with E-state index in [1.807, 2.05) is 79.7 Å². The summed E-state index contributed by atoms with van der Waals surface area (Å²) in [6.07, 6.45) is 3.20. The Morgan fingerprint density at radius 1 is 0.889 bits per heavy atom. The van der Waals surface area contributed by atoms with Crippen LogP contribution in [0.5, 0.6) is 29.0 Å². The maximum absolute atomic E-state index is 6.51. The highest BCUT2D eigenvalue weighted by Gasteiger charge is 2.38. The van der Waals surface area contributed by atoms with E-state index in [9.17, 15) is 0 Å². The summed E-state index contributed by atoms with van der Waals surface area (Å²) in [4.78, 5) is 15.1. The predicted octanol–water partition coefficient (Wildman–Crippen LogP) is 5.48. The zero-order valence-electron chi connectivity index (χ0n) is 25.0. The quantitative estimate of drug-likeness (QED) is 0.156. The van der Waals surface area contributed by atoms with Crippen molar-refractivity contribution in [1.82, 2.24) is 29.4 Å². The molecular weight excluding hydrogens is 574 g/mol. The van der Waals surface area contributed by atoms with Gasteiger partial charge in [-0.15, -0.1) is 5.10 Å². The number of oxime groups is 1. The fourth-order valence-electron chi connectivity index (χ4n) is 5.48. The van der Waals surface area contributed by atoms with E-state index >= 15 is 0 Å². The molecule has 0 N–H and O–H groups in total. The summed E-state index contributed by atoms with van der Waals surface area (Å²) in [6, 6.07) is 23.2. The van der Waals surface area contributed by atoms with Gasteiger partial charge in [0.1, 0.15) is 12.1 Å². The molecule has 12 heteroatoms. The van der Waals surface area contributed by atoms with Crippen molar-refractivity contribution in [3.63, 3.8) is 0 Å². The maximum Gasteiger partial charge on any atom is 0.230 e. The minimum atomic E-state index is -0.358. The first-order chi connectivity index (χ1) is 22.1. The number of aromatic nitrogens is 6. The number of fused-ring (bicyclic) bond motifs is 4. The highest BCUT2D eigenvalue weighted by Crippen LogP contribution is 2.50. The number of para-hydroxylation sites is 1. The first-order valence-corrected chi connectivity index (χ1v) is 14.2. The van der Waals surface area contributed by atoms with Gasteiger partial charge in [-0.3, -0.25) is 0 Å². The Morgan fingerprint density at radius 2 is 1.69 bits per heavy atom. The van der Waals surface area contributed by atoms with Gasteiger partial charge in [0.2, 0.25) is 11.8 Å². The third kappa shape index (κ3) is 5.05. The van der Waals surface area contributed by atoms with E-state index < -0.39 is 0 Å². The number of rotatable bonds is 9. The van der Waals surface area contributed by atoms with Crippen molar-refractivity contribution in [2.24, 2.45) is 5.16 Å². The van der Waals surface area contributed by atoms with Crippen molar-refractivity contribution >= 4 is 11.9 Å². The van der Waals surface area contributed by atoms with Gasteiger partial charge in [-0.1, -0.05) is 29.4 Å². The van der Waals surface area contributed by atoms with Gasteiger partial charge in [0.25, 0.3) is 0 Å². The molecular formula is C33H29N7O5. The van der Waals surface area contributed by atoms with Gasteiger partial charge in [-0.25, -0.2) is 19.2 Å². The molecule has 7 rings (SSSR count). The van der Waals surface area contributed by atoms with Crippen molar-refractivity contribution in [2.75, 3.05) is 21.3 Å². The monoisotopic (exact) mass is 603 g/mol. The Kier molecular flexibility index (Phi) is 7.22. The standard InChI is InChI=1S/C33H29N7O5/c1-20-28-29(22-12-15-25(42-3)26(16-22)43-4)30-31-36-27(18-44-35-17-21-10-13-24(41-2)14-11-21)38-39(31)19-34-32(30)45-33(28)40(37-20)23-8-6-5-7-9-23/h5-17,19,29H,18H2,1-4H3/b35-17-/t29-/m1/s1. The Hall–Kier alpha value is -5.91. The van der Waals surface area contributed by atoms with E-state index in [1.54, 1.807) is 43.1 Å². The molecule has 0 bridgehead atoms. The summed E-state index contributed by atoms with van der Waals surface area (Å²) in [5, 5.41) is 13.6. The molecule has 0 unspecified atom stereocenters. The molecule has 0 aliphatic carbocycles. The molecule has 226 valence electrons. The summed E-state index contributed by atoms with van der Waals surface area (Å²) in [5.41, 5.74) is 5.68. The zero-order chi connectivity index (χ0) is 30.9. The second-order valence-corrected chi connectivity index (χ2v) is 10.2. The van der Waals surface area contributed by atoms with Crippen LogP contribution in [0, 0.1) is 6.92 Å². The van der Waals surface area contributed by atoms with Crippen LogP contribution in [0.2, 0.25) is 0 Å². The molecule has 12 nitrogen and oxygen atoms in total. The lowest BCUT2D eigenvalue weighted by Gasteiger charge is -2.26. The first kappa shape index (κ1) is 27.9. The van der Waals surface area contributed by atoms with Crippen molar-refractivity contribution in [1.29, 1.82) is 0 Å². The topological polar surface area (TPSA) is 119 Å². The molecule has 45 heavy (non-hydrogen) atoms. The van der Waals surface area contributed by atoms with Gasteiger partial charge >= 0.3 is 0 Å². The second-order valence-electron chi connectivity index (χ2n) is 10.2. The Labute approximate surface area is 258 Å². The van der Waals surface area contributed by atoms with Crippen LogP contribution in [0.4, 0.5) is 0 Å². The number of methoxy groups -OCH3 is 3. The smallest absolute Gasteiger partial charge is 0.230 e. The van der Waals surface area contributed by atoms with Gasteiger partial charge < -0.3 is 23.8 Å². The number of aryl methyl sites for hydroxylation is 1. The molecule has 1 aliphatic rings. The number of nitrogens with zero attached hydrogens (tertiary/aromatic N) is 7. The average molecular weight is 604 g/mol. The lowest BCUT2D eigenvalue weighted by atomic mass is 9.84. The molecule has 0 amide bonds. The molecule has 0 fully saturated rings. The molecule has 1 atom stereocenters. The van der Waals surface area contributed by atoms with E-state index in [2.05, 4.69) is 15.2 Å². The highest BCUT2D eigenvalue weighted by molar-refractivity contribution is 5.79. The van der Waals surface area contributed by atoms with Crippen molar-refractivity contribution in [3.8, 4) is 34.7 Å². The minimum absolute atomic E-state index is 0.0568. The van der Waals surface area contributed by atoms with E-state index in [0.29, 0.717) is 34.7 Å². The van der Waals surface area contributed by atoms with Crippen LogP contribution in [-0.2, 0) is 11.4 Å². The number of hydrogen-bond acceptors (Lipinski definition) is 10. The maximum atomic E-state index is 6.51. The normalized spacial score (nSPS) is 13.7. The fraction of sp³-hybridized carbons (Fsp3) is 0.182. The molecule has 0 saturated heterocycles. The highest BCUT2D eigenvalue weighted by atomic mass is 16.6. The second kappa shape index (κ2) is 11.6. The number of ether oxygens (including phenoxy) is 4. The molecule has 6 aromatic rings. The van der Waals surface area contributed by atoms with Crippen molar-refractivity contribution < 1.29 is 23.8 Å². The molecule has 0 radical (unpaired) electrons. The van der Waals surface area contributed by atoms with Crippen LogP contribution in [0.25, 0.3) is 11.3 Å². The van der Waals surface area contributed by atoms with Crippen LogP contribution in [0.1, 0.15) is 39.7 Å². The van der Waals surface area contributed by atoms with E-state index in [-0.39, 0.29) is 12.5 Å². The third-order valence-corrected chi connectivity index (χ3v) is 7.59. The Morgan fingerprint density at radius 3 is 2.44 bits per heavy atom. The molecule has 4 heterocycles. The van der Waals surface area contributed by atoms with Crippen LogP contribution < -0.4 is 18.9 Å². The average Bonchev–Trinajstić information content (AvgIpc) is 3.66. The third-order valence-electron chi connectivity index (χ3n) is 7.59. The lowest BCUT2D eigenvalue weighted by molar-refractivity contribution is 0.126. The fourth-order valence-corrected chi connectivity index (χ4v) is 5.48. The van der Waals surface area contributed by atoms with Gasteiger partial charge in [0.05, 0.1) is 56.0 Å². The van der Waals surface area contributed by atoms with Gasteiger partial charge in [-0.05, 0) is 66.6 Å². The number of benzene rings is 3. The van der Waals surface area contributed by atoms with Crippen LogP contribution in [0.3, 0.4) is 0 Å². The van der Waals surface area contributed by atoms with E-state index in [1.165, 1.54) is 0 Å². The molecule has 0 saturated carbocycles. The summed E-state index contributed by atoms with van der Waals surface area (Å²) in [6.45, 7) is 2.03. The van der Waals surface area contributed by atoms with E-state index in [0.717, 1.165) is 39.4 Å². The Balaban J connectivity index is 1.30. The van der Waals surface area contributed by atoms with Crippen LogP contribution >= 0.6 is 0 Å². The van der Waals surface area contributed by atoms with Crippen LogP contribution in [-0.4, -0.2) is 56.9 Å². The zero-order valence-corrected chi connectivity index (χ0v) is 25.0. The van der Waals surface area contributed by atoms with Crippen molar-refractivity contribution in [2.45, 2.75) is 19.4 Å². The minimum Gasteiger partial charge on any atom is -0.497 e. The Bertz CT molecular complexity index is 2020. The van der Waals surface area contributed by atoms with Gasteiger partial charge in [0.15, 0.2) is 29.6 Å². The molecule has 3 aromatic carbocycles. The molecule has 1 aliphatic heterocycles. The summed E-state index contributed by atoms with van der Waals surface area (Å²) in [7, 11) is 4.85. The largest absolute Gasteiger partial charge is 0.497 e. The summed E-state index contributed by atoms with van der Waals surface area (Å²) in [5.74, 6) is 3.06. The first-order valence-electron chi connectivity index (χ1n) is 14.2. The summed E-state index contributed by atoms with van der Waals surface area (Å²) < 4.78 is 26.3. The van der Waals surface area contributed by atoms with Crippen molar-refractivity contribution in [3.05, 3.63) is 113 Å². The van der Waals surface area contributed by atoms with Gasteiger partial charge in [-0.2, -0.15) is 5.10 Å². The SMILES string of the molecule is COc1ccc(/C=N\OCc2nc3c4c(ncn3n2)Oc2c(c(C)nn2-c2ccccc2)[C@H]4c2ccc(OC)c(OC)c2)cc1. The van der Waals surface area contributed by atoms with Crippen LogP contribution in [0.15, 0.2) is 84.3 Å². The molecule has 0 spiro atoms. The van der Waals surface area contributed by atoms with Gasteiger partial charge in [0, 0.05) is 0 Å². The number of hydrogen-bond donors (Lipinski definition) is 0.